The van der Waals surface area contributed by atoms with E-state index in [1.165, 1.54) is 25.7 Å². The summed E-state index contributed by atoms with van der Waals surface area (Å²) in [7, 11) is 0. The molecule has 0 radical (unpaired) electrons. The molecule has 0 aromatic carbocycles. The molecule has 158 valence electrons. The smallest absolute Gasteiger partial charge is 0.549 e. The van der Waals surface area contributed by atoms with Crippen molar-refractivity contribution in [3.05, 3.63) is 24.3 Å². The van der Waals surface area contributed by atoms with Crippen LogP contribution in [0.1, 0.15) is 105 Å². The van der Waals surface area contributed by atoms with E-state index in [0.717, 1.165) is 51.4 Å². The summed E-state index contributed by atoms with van der Waals surface area (Å²) in [5.74, 6) is -0.955. The third-order valence-corrected chi connectivity index (χ3v) is 5.31. The van der Waals surface area contributed by atoms with E-state index in [1.807, 2.05) is 0 Å². The number of carbonyl (C=O) groups excluding carboxylic acids is 1. The Morgan fingerprint density at radius 1 is 0.786 bits per heavy atom. The molecule has 3 nitrogen and oxygen atoms in total. The van der Waals surface area contributed by atoms with Crippen LogP contribution in [0.15, 0.2) is 24.3 Å². The van der Waals surface area contributed by atoms with Gasteiger partial charge in [0.2, 0.25) is 0 Å². The topological polar surface area (TPSA) is 43.4 Å². The van der Waals surface area contributed by atoms with Gasteiger partial charge < -0.3 is 9.90 Å². The van der Waals surface area contributed by atoms with E-state index >= 15 is 0 Å². The maximum absolute atomic E-state index is 11.4. The van der Waals surface area contributed by atoms with Crippen LogP contribution in [0.4, 0.5) is 0 Å². The minimum Gasteiger partial charge on any atom is -0.549 e. The van der Waals surface area contributed by atoms with Gasteiger partial charge in [0.05, 0.1) is 5.97 Å². The van der Waals surface area contributed by atoms with Crippen molar-refractivity contribution in [2.45, 2.75) is 117 Å². The minimum absolute atomic E-state index is 0. The van der Waals surface area contributed by atoms with Gasteiger partial charge in [-0.25, -0.2) is 0 Å². The Bertz CT molecular complexity index is 379. The summed E-state index contributed by atoms with van der Waals surface area (Å²) in [6.07, 6.45) is 22.4. The fourth-order valence-corrected chi connectivity index (χ4v) is 3.61. The number of hydrogen-bond donors (Lipinski definition) is 0. The SMILES string of the molecule is CCCC/C=C/CCC(CC)N(CC(=O)[O-])C(CC)CC/C=C/CCCC.[Na+]. The predicted octanol–water partition coefficient (Wildman–Crippen LogP) is 2.65. The van der Waals surface area contributed by atoms with Crippen LogP contribution >= 0.6 is 0 Å². The molecule has 0 amide bonds. The van der Waals surface area contributed by atoms with Crippen LogP contribution in [0, 0.1) is 0 Å². The molecule has 0 rings (SSSR count). The summed E-state index contributed by atoms with van der Waals surface area (Å²) in [6.45, 7) is 8.82. The number of carboxylic acid groups (broad SMARTS) is 1. The zero-order chi connectivity index (χ0) is 20.3. The molecule has 0 aliphatic heterocycles. The first kappa shape index (κ1) is 30.1. The second kappa shape index (κ2) is 21.6. The van der Waals surface area contributed by atoms with Crippen molar-refractivity contribution >= 4 is 5.97 Å². The molecule has 0 aliphatic rings. The van der Waals surface area contributed by atoms with E-state index in [9.17, 15) is 9.90 Å². The number of rotatable bonds is 18. The van der Waals surface area contributed by atoms with E-state index in [4.69, 9.17) is 0 Å². The molecule has 0 spiro atoms. The number of allylic oxidation sites excluding steroid dienone is 4. The maximum atomic E-state index is 11.4. The average Bonchev–Trinajstić information content (AvgIpc) is 2.65. The molecule has 0 heterocycles. The number of aliphatic carboxylic acids is 1. The molecule has 28 heavy (non-hydrogen) atoms. The van der Waals surface area contributed by atoms with Gasteiger partial charge in [0.25, 0.3) is 0 Å². The molecule has 0 fully saturated rings. The number of carboxylic acids is 1. The number of hydrogen-bond acceptors (Lipinski definition) is 3. The van der Waals surface area contributed by atoms with Gasteiger partial charge in [0.15, 0.2) is 0 Å². The van der Waals surface area contributed by atoms with Gasteiger partial charge in [-0.3, -0.25) is 4.90 Å². The molecule has 2 atom stereocenters. The van der Waals surface area contributed by atoms with Gasteiger partial charge in [-0.1, -0.05) is 77.7 Å². The number of carbonyl (C=O) groups is 1. The Morgan fingerprint density at radius 3 is 1.50 bits per heavy atom. The zero-order valence-electron chi connectivity index (χ0n) is 19.4. The van der Waals surface area contributed by atoms with E-state index in [-0.39, 0.29) is 36.1 Å². The van der Waals surface area contributed by atoms with E-state index in [0.29, 0.717) is 12.1 Å². The summed E-state index contributed by atoms with van der Waals surface area (Å²) in [5.41, 5.74) is 0. The Balaban J connectivity index is 0. The van der Waals surface area contributed by atoms with Crippen molar-refractivity contribution < 1.29 is 39.5 Å². The van der Waals surface area contributed by atoms with Crippen molar-refractivity contribution in [1.82, 2.24) is 4.90 Å². The molecule has 4 heteroatoms. The monoisotopic (exact) mass is 401 g/mol. The van der Waals surface area contributed by atoms with Crippen molar-refractivity contribution in [1.29, 1.82) is 0 Å². The van der Waals surface area contributed by atoms with Gasteiger partial charge in [0, 0.05) is 18.6 Å². The third-order valence-electron chi connectivity index (χ3n) is 5.31. The van der Waals surface area contributed by atoms with Crippen LogP contribution < -0.4 is 34.7 Å². The average molecular weight is 402 g/mol. The Labute approximate surface area is 197 Å². The quantitative estimate of drug-likeness (QED) is 0.201. The largest absolute Gasteiger partial charge is 1.00 e. The van der Waals surface area contributed by atoms with Gasteiger partial charge in [-0.2, -0.15) is 0 Å². The van der Waals surface area contributed by atoms with Crippen molar-refractivity contribution in [3.8, 4) is 0 Å². The van der Waals surface area contributed by atoms with Crippen molar-refractivity contribution in [2.24, 2.45) is 0 Å². The minimum atomic E-state index is -0.955. The van der Waals surface area contributed by atoms with Crippen LogP contribution in [0.2, 0.25) is 0 Å². The zero-order valence-corrected chi connectivity index (χ0v) is 21.4. The van der Waals surface area contributed by atoms with Crippen molar-refractivity contribution in [2.75, 3.05) is 6.54 Å². The van der Waals surface area contributed by atoms with E-state index in [1.54, 1.807) is 0 Å². The Kier molecular flexibility index (Phi) is 23.2. The number of nitrogens with zero attached hydrogens (tertiary/aromatic N) is 1. The van der Waals surface area contributed by atoms with Crippen LogP contribution in [0.3, 0.4) is 0 Å². The maximum Gasteiger partial charge on any atom is 1.00 e. The molecular formula is C24H44NNaO2. The summed E-state index contributed by atoms with van der Waals surface area (Å²) in [5, 5.41) is 11.4. The third kappa shape index (κ3) is 15.8. The first-order chi connectivity index (χ1) is 13.1. The molecule has 0 bridgehead atoms. The fraction of sp³-hybridized carbons (Fsp3) is 0.792. The van der Waals surface area contributed by atoms with E-state index in [2.05, 4.69) is 56.9 Å². The Morgan fingerprint density at radius 2 is 1.18 bits per heavy atom. The molecule has 0 saturated heterocycles. The fourth-order valence-electron chi connectivity index (χ4n) is 3.61. The summed E-state index contributed by atoms with van der Waals surface area (Å²) < 4.78 is 0. The molecule has 0 aromatic rings. The first-order valence-electron chi connectivity index (χ1n) is 11.4. The van der Waals surface area contributed by atoms with Crippen LogP contribution in [0.5, 0.6) is 0 Å². The van der Waals surface area contributed by atoms with Gasteiger partial charge in [-0.15, -0.1) is 0 Å². The normalized spacial score (nSPS) is 13.9. The molecule has 0 saturated carbocycles. The summed E-state index contributed by atoms with van der Waals surface area (Å²) in [6, 6.07) is 0.625. The van der Waals surface area contributed by atoms with E-state index < -0.39 is 5.97 Å². The summed E-state index contributed by atoms with van der Waals surface area (Å²) in [4.78, 5) is 13.6. The van der Waals surface area contributed by atoms with Crippen LogP contribution in [-0.2, 0) is 4.79 Å². The molecular weight excluding hydrogens is 357 g/mol. The second-order valence-corrected chi connectivity index (χ2v) is 7.55. The predicted molar refractivity (Wildman–Crippen MR) is 116 cm³/mol. The summed E-state index contributed by atoms with van der Waals surface area (Å²) >= 11 is 0. The van der Waals surface area contributed by atoms with Crippen molar-refractivity contribution in [3.63, 3.8) is 0 Å². The standard InChI is InChI=1S/C24H45NO2.Na/c1-5-9-11-13-15-17-19-22(7-3)25(21-24(26)27)23(8-4)20-18-16-14-12-10-6-2;/h13-16,22-23H,5-12,17-21H2,1-4H3,(H,26,27);/q;+1/p-1/b15-13+,16-14+;. The van der Waals surface area contributed by atoms with Crippen LogP contribution in [-0.4, -0.2) is 29.5 Å². The Hall–Kier alpha value is -0.0900. The molecule has 0 aromatic heterocycles. The molecule has 0 N–H and O–H groups in total. The van der Waals surface area contributed by atoms with Gasteiger partial charge in [0.1, 0.15) is 0 Å². The number of unbranched alkanes of at least 4 members (excludes halogenated alkanes) is 4. The first-order valence-corrected chi connectivity index (χ1v) is 11.4. The molecule has 2 unspecified atom stereocenters. The molecule has 0 aliphatic carbocycles. The van der Waals surface area contributed by atoms with Gasteiger partial charge in [-0.05, 0) is 51.4 Å². The second-order valence-electron chi connectivity index (χ2n) is 7.55. The van der Waals surface area contributed by atoms with Gasteiger partial charge >= 0.3 is 29.6 Å². The van der Waals surface area contributed by atoms with Crippen LogP contribution in [0.25, 0.3) is 0 Å².